The number of carbonyl (C=O) groups excluding carboxylic acids is 4. The minimum atomic E-state index is -5.03. The van der Waals surface area contributed by atoms with E-state index in [1.807, 2.05) is 20.8 Å². The Morgan fingerprint density at radius 1 is 1.26 bits per heavy atom. The van der Waals surface area contributed by atoms with E-state index >= 15 is 0 Å². The number of amides is 3. The highest BCUT2D eigenvalue weighted by molar-refractivity contribution is 5.94. The summed E-state index contributed by atoms with van der Waals surface area (Å²) in [6.07, 6.45) is -4.56. The topological polar surface area (TPSA) is 137 Å². The smallest absolute Gasteiger partial charge is 0.370 e. The van der Waals surface area contributed by atoms with Crippen LogP contribution < -0.4 is 16.0 Å². The number of hydrogen-bond acceptors (Lipinski definition) is 7. The largest absolute Gasteiger partial charge is 0.522 e. The molecule has 13 heteroatoms. The van der Waals surface area contributed by atoms with Gasteiger partial charge in [0.1, 0.15) is 12.6 Å². The summed E-state index contributed by atoms with van der Waals surface area (Å²) in [5, 5.41) is 18.3. The van der Waals surface area contributed by atoms with Crippen molar-refractivity contribution in [2.24, 2.45) is 11.3 Å². The number of carbonyl (C=O) groups is 4. The van der Waals surface area contributed by atoms with Crippen LogP contribution in [0.15, 0.2) is 0 Å². The summed E-state index contributed by atoms with van der Waals surface area (Å²) in [5.74, 6) is -3.47. The Morgan fingerprint density at radius 3 is 2.46 bits per heavy atom. The van der Waals surface area contributed by atoms with Crippen LogP contribution in [-0.4, -0.2) is 83.4 Å². The maximum atomic E-state index is 13.2. The van der Waals surface area contributed by atoms with Gasteiger partial charge in [0.25, 0.3) is 5.91 Å². The molecular weight excluding hydrogens is 473 g/mol. The highest BCUT2D eigenvalue weighted by Crippen LogP contribution is 2.37. The van der Waals surface area contributed by atoms with Crippen LogP contribution in [-0.2, 0) is 23.9 Å². The van der Waals surface area contributed by atoms with Gasteiger partial charge in [-0.1, -0.05) is 13.8 Å². The Kier molecular flexibility index (Phi) is 7.82. The zero-order valence-corrected chi connectivity index (χ0v) is 20.0. The van der Waals surface area contributed by atoms with Crippen LogP contribution in [0, 0.1) is 11.3 Å². The number of hydrogen-bond donors (Lipinski definition) is 4. The average Bonchev–Trinajstić information content (AvgIpc) is 3.17. The van der Waals surface area contributed by atoms with E-state index in [0.717, 1.165) is 12.8 Å². The summed E-state index contributed by atoms with van der Waals surface area (Å²) < 4.78 is 41.1. The summed E-state index contributed by atoms with van der Waals surface area (Å²) in [5.41, 5.74) is -0.828. The van der Waals surface area contributed by atoms with E-state index in [4.69, 9.17) is 0 Å². The normalized spacial score (nSPS) is 26.7. The van der Waals surface area contributed by atoms with Gasteiger partial charge in [-0.15, -0.1) is 13.2 Å². The van der Waals surface area contributed by atoms with Gasteiger partial charge in [0.05, 0.1) is 6.04 Å². The highest BCUT2D eigenvalue weighted by atomic mass is 19.4. The summed E-state index contributed by atoms with van der Waals surface area (Å²) in [7, 11) is 0. The fourth-order valence-corrected chi connectivity index (χ4v) is 4.56. The SMILES string of the molecule is CC1(C)C[C@@H](C(=O)N[C@@H](C[C@@H]2CCNC2=O)C(=O)COC(F)(F)F)N(C(=O)C(O)NC2(C)CC2)C1. The molecule has 3 fully saturated rings. The molecule has 10 nitrogen and oxygen atoms in total. The Labute approximate surface area is 201 Å². The fraction of sp³-hybridized carbons (Fsp3) is 0.818. The van der Waals surface area contributed by atoms with E-state index in [1.54, 1.807) is 0 Å². The molecule has 4 atom stereocenters. The molecule has 35 heavy (non-hydrogen) atoms. The van der Waals surface area contributed by atoms with Gasteiger partial charge >= 0.3 is 6.36 Å². The quantitative estimate of drug-likeness (QED) is 0.311. The first-order valence-corrected chi connectivity index (χ1v) is 11.7. The second kappa shape index (κ2) is 10.0. The van der Waals surface area contributed by atoms with Crippen LogP contribution in [0.2, 0.25) is 0 Å². The van der Waals surface area contributed by atoms with E-state index in [-0.39, 0.29) is 30.8 Å². The number of nitrogens with zero attached hydrogens (tertiary/aromatic N) is 1. The van der Waals surface area contributed by atoms with E-state index < -0.39 is 60.2 Å². The number of nitrogens with one attached hydrogen (secondary N) is 3. The zero-order chi connectivity index (χ0) is 26.2. The zero-order valence-electron chi connectivity index (χ0n) is 20.0. The molecule has 4 N–H and O–H groups in total. The van der Waals surface area contributed by atoms with Gasteiger partial charge in [-0.25, -0.2) is 0 Å². The number of Topliss-reactive ketones (excluding diaryl/α,β-unsaturated/α-hetero) is 1. The monoisotopic (exact) mass is 506 g/mol. The lowest BCUT2D eigenvalue weighted by atomic mass is 9.90. The molecule has 0 aromatic heterocycles. The van der Waals surface area contributed by atoms with Gasteiger partial charge in [-0.2, -0.15) is 0 Å². The highest BCUT2D eigenvalue weighted by Gasteiger charge is 2.48. The van der Waals surface area contributed by atoms with E-state index in [9.17, 15) is 37.5 Å². The number of rotatable bonds is 10. The number of alkyl halides is 3. The first kappa shape index (κ1) is 27.3. The lowest BCUT2D eigenvalue weighted by Gasteiger charge is -2.29. The molecule has 2 heterocycles. The lowest BCUT2D eigenvalue weighted by molar-refractivity contribution is -0.321. The molecule has 3 aliphatic rings. The third kappa shape index (κ3) is 7.37. The maximum absolute atomic E-state index is 13.2. The van der Waals surface area contributed by atoms with Crippen LogP contribution in [0.25, 0.3) is 0 Å². The Balaban J connectivity index is 1.73. The molecule has 0 aromatic carbocycles. The van der Waals surface area contributed by atoms with E-state index in [0.29, 0.717) is 13.0 Å². The molecule has 0 bridgehead atoms. The summed E-state index contributed by atoms with van der Waals surface area (Å²) in [4.78, 5) is 51.9. The third-order valence-electron chi connectivity index (χ3n) is 6.79. The van der Waals surface area contributed by atoms with Gasteiger partial charge in [0, 0.05) is 24.5 Å². The number of ketones is 1. The Hall–Kier alpha value is -2.25. The summed E-state index contributed by atoms with van der Waals surface area (Å²) in [6, 6.07) is -2.45. The van der Waals surface area contributed by atoms with E-state index in [2.05, 4.69) is 20.7 Å². The van der Waals surface area contributed by atoms with Crippen molar-refractivity contribution in [2.75, 3.05) is 19.7 Å². The second-order valence-corrected chi connectivity index (χ2v) is 10.7. The minimum absolute atomic E-state index is 0.167. The Bertz CT molecular complexity index is 861. The molecule has 198 valence electrons. The molecule has 0 spiro atoms. The van der Waals surface area contributed by atoms with E-state index in [1.165, 1.54) is 4.90 Å². The van der Waals surface area contributed by atoms with Crippen molar-refractivity contribution in [3.63, 3.8) is 0 Å². The Morgan fingerprint density at radius 2 is 1.91 bits per heavy atom. The van der Waals surface area contributed by atoms with Crippen molar-refractivity contribution in [1.82, 2.24) is 20.9 Å². The van der Waals surface area contributed by atoms with Crippen molar-refractivity contribution in [1.29, 1.82) is 0 Å². The summed E-state index contributed by atoms with van der Waals surface area (Å²) >= 11 is 0. The lowest BCUT2D eigenvalue weighted by Crippen LogP contribution is -2.56. The van der Waals surface area contributed by atoms with Crippen LogP contribution in [0.3, 0.4) is 0 Å². The van der Waals surface area contributed by atoms with Gasteiger partial charge in [-0.3, -0.25) is 29.2 Å². The number of aliphatic hydroxyl groups is 1. The van der Waals surface area contributed by atoms with Crippen molar-refractivity contribution in [3.05, 3.63) is 0 Å². The molecule has 0 radical (unpaired) electrons. The van der Waals surface area contributed by atoms with Crippen molar-refractivity contribution < 1.29 is 42.2 Å². The van der Waals surface area contributed by atoms with Gasteiger partial charge in [0.2, 0.25) is 11.8 Å². The van der Waals surface area contributed by atoms with Crippen molar-refractivity contribution >= 4 is 23.5 Å². The third-order valence-corrected chi connectivity index (χ3v) is 6.79. The molecule has 2 aliphatic heterocycles. The fourth-order valence-electron chi connectivity index (χ4n) is 4.56. The van der Waals surface area contributed by atoms with Crippen LogP contribution in [0.5, 0.6) is 0 Å². The van der Waals surface area contributed by atoms with Crippen LogP contribution in [0.1, 0.15) is 52.9 Å². The first-order chi connectivity index (χ1) is 16.1. The molecule has 3 rings (SSSR count). The van der Waals surface area contributed by atoms with Crippen molar-refractivity contribution in [2.45, 2.75) is 83.1 Å². The standard InChI is InChI=1S/C22H33F3N4O6/c1-20(2)9-14(29(11-20)19(34)18(33)28-21(3)5-6-21)17(32)27-13(8-12-4-7-26-16(12)31)15(30)10-35-22(23,24)25/h12-14,18,28,33H,4-11H2,1-3H3,(H,26,31)(H,27,32)/t12-,13-,14-,18?/m0/s1. The molecule has 3 amide bonds. The number of aliphatic hydroxyl groups excluding tert-OH is 1. The molecule has 1 unspecified atom stereocenters. The van der Waals surface area contributed by atoms with Crippen LogP contribution >= 0.6 is 0 Å². The molecule has 2 saturated heterocycles. The number of likely N-dealkylation sites (tertiary alicyclic amines) is 1. The second-order valence-electron chi connectivity index (χ2n) is 10.7. The average molecular weight is 507 g/mol. The minimum Gasteiger partial charge on any atom is -0.370 e. The van der Waals surface area contributed by atoms with Crippen molar-refractivity contribution in [3.8, 4) is 0 Å². The maximum Gasteiger partial charge on any atom is 0.522 e. The van der Waals surface area contributed by atoms with Crippen LogP contribution in [0.4, 0.5) is 13.2 Å². The first-order valence-electron chi connectivity index (χ1n) is 11.7. The molecular formula is C22H33F3N4O6. The summed E-state index contributed by atoms with van der Waals surface area (Å²) in [6.45, 7) is 4.75. The molecule has 1 aliphatic carbocycles. The van der Waals surface area contributed by atoms with Gasteiger partial charge in [0.15, 0.2) is 12.0 Å². The predicted octanol–water partition coefficient (Wildman–Crippen LogP) is 0.191. The van der Waals surface area contributed by atoms with Gasteiger partial charge in [-0.05, 0) is 44.4 Å². The predicted molar refractivity (Wildman–Crippen MR) is 115 cm³/mol. The molecule has 1 saturated carbocycles. The number of ether oxygens (including phenoxy) is 1. The molecule has 0 aromatic rings. The van der Waals surface area contributed by atoms with Gasteiger partial charge < -0.3 is 20.6 Å². The number of halogens is 3.